The van der Waals surface area contributed by atoms with Crippen LogP contribution >= 0.6 is 0 Å². The van der Waals surface area contributed by atoms with Crippen molar-refractivity contribution in [2.45, 2.75) is 39.0 Å². The van der Waals surface area contributed by atoms with E-state index < -0.39 is 11.8 Å². The molecule has 2 amide bonds. The molecule has 5 nitrogen and oxygen atoms in total. The van der Waals surface area contributed by atoms with Gasteiger partial charge in [0.25, 0.3) is 0 Å². The molecule has 1 heterocycles. The fourth-order valence-electron chi connectivity index (χ4n) is 2.76. The molecule has 1 aliphatic rings. The van der Waals surface area contributed by atoms with Crippen LogP contribution in [0.25, 0.3) is 0 Å². The molecular formula is C18H27N3O2. The first-order valence-corrected chi connectivity index (χ1v) is 8.53. The molecule has 126 valence electrons. The molecule has 1 N–H and O–H groups in total. The standard InChI is InChI=1S/C18H27N3O2/c1-3-4-12-20(2)18(23)17(22)19-15-8-10-16(11-9-15)21-13-6-5-7-14-21/h8-11H,3-7,12-14H2,1-2H3,(H,19,22). The highest BCUT2D eigenvalue weighted by atomic mass is 16.2. The lowest BCUT2D eigenvalue weighted by Crippen LogP contribution is -2.37. The van der Waals surface area contributed by atoms with Gasteiger partial charge in [-0.1, -0.05) is 13.3 Å². The Hall–Kier alpha value is -2.04. The van der Waals surface area contributed by atoms with E-state index in [1.807, 2.05) is 24.3 Å². The molecule has 2 rings (SSSR count). The van der Waals surface area contributed by atoms with Crippen LogP contribution in [0.5, 0.6) is 0 Å². The quantitative estimate of drug-likeness (QED) is 0.850. The number of hydrogen-bond donors (Lipinski definition) is 1. The summed E-state index contributed by atoms with van der Waals surface area (Å²) < 4.78 is 0. The summed E-state index contributed by atoms with van der Waals surface area (Å²) in [6.45, 7) is 4.85. The van der Waals surface area contributed by atoms with Gasteiger partial charge in [0, 0.05) is 38.1 Å². The Bertz CT molecular complexity index is 522. The summed E-state index contributed by atoms with van der Waals surface area (Å²) in [5.74, 6) is -1.06. The fourth-order valence-corrected chi connectivity index (χ4v) is 2.76. The lowest BCUT2D eigenvalue weighted by Gasteiger charge is -2.28. The Labute approximate surface area is 138 Å². The Kier molecular flexibility index (Phi) is 6.44. The van der Waals surface area contributed by atoms with E-state index in [1.165, 1.54) is 29.8 Å². The van der Waals surface area contributed by atoms with Crippen LogP contribution in [0, 0.1) is 0 Å². The van der Waals surface area contributed by atoms with Gasteiger partial charge in [0.15, 0.2) is 0 Å². The maximum atomic E-state index is 12.0. The molecule has 23 heavy (non-hydrogen) atoms. The van der Waals surface area contributed by atoms with Gasteiger partial charge in [0.2, 0.25) is 0 Å². The third-order valence-electron chi connectivity index (χ3n) is 4.23. The van der Waals surface area contributed by atoms with Crippen LogP contribution in [-0.4, -0.2) is 43.4 Å². The maximum Gasteiger partial charge on any atom is 0.313 e. The van der Waals surface area contributed by atoms with Crippen LogP contribution in [0.1, 0.15) is 39.0 Å². The minimum atomic E-state index is -0.575. The highest BCUT2D eigenvalue weighted by Crippen LogP contribution is 2.21. The molecule has 1 aromatic carbocycles. The third-order valence-corrected chi connectivity index (χ3v) is 4.23. The van der Waals surface area contributed by atoms with Crippen molar-refractivity contribution in [1.82, 2.24) is 4.90 Å². The summed E-state index contributed by atoms with van der Waals surface area (Å²) in [5.41, 5.74) is 1.84. The van der Waals surface area contributed by atoms with Gasteiger partial charge >= 0.3 is 11.8 Å². The number of rotatable bonds is 5. The monoisotopic (exact) mass is 317 g/mol. The second-order valence-electron chi connectivity index (χ2n) is 6.13. The smallest absolute Gasteiger partial charge is 0.313 e. The van der Waals surface area contributed by atoms with Gasteiger partial charge in [-0.3, -0.25) is 9.59 Å². The molecule has 0 saturated carbocycles. The zero-order valence-corrected chi connectivity index (χ0v) is 14.2. The van der Waals surface area contributed by atoms with Crippen molar-refractivity contribution in [1.29, 1.82) is 0 Å². The number of piperidine rings is 1. The first-order valence-electron chi connectivity index (χ1n) is 8.53. The molecule has 1 aromatic rings. The molecule has 5 heteroatoms. The predicted octanol–water partition coefficient (Wildman–Crippen LogP) is 2.87. The number of hydrogen-bond acceptors (Lipinski definition) is 3. The van der Waals surface area contributed by atoms with Crippen LogP contribution in [0.3, 0.4) is 0 Å². The van der Waals surface area contributed by atoms with Crippen molar-refractivity contribution in [3.05, 3.63) is 24.3 Å². The Morgan fingerprint density at radius 2 is 1.78 bits per heavy atom. The summed E-state index contributed by atoms with van der Waals surface area (Å²) in [7, 11) is 1.66. The lowest BCUT2D eigenvalue weighted by atomic mass is 10.1. The molecule has 1 saturated heterocycles. The number of anilines is 2. The van der Waals surface area contributed by atoms with Crippen LogP contribution in [-0.2, 0) is 9.59 Å². The Balaban J connectivity index is 1.89. The van der Waals surface area contributed by atoms with E-state index in [0.717, 1.165) is 25.9 Å². The average Bonchev–Trinajstić information content (AvgIpc) is 2.60. The normalized spacial score (nSPS) is 14.4. The fraction of sp³-hybridized carbons (Fsp3) is 0.556. The van der Waals surface area contributed by atoms with Gasteiger partial charge in [-0.05, 0) is 49.9 Å². The van der Waals surface area contributed by atoms with Gasteiger partial charge in [-0.25, -0.2) is 0 Å². The molecule has 0 bridgehead atoms. The molecule has 1 fully saturated rings. The summed E-state index contributed by atoms with van der Waals surface area (Å²) >= 11 is 0. The molecule has 0 atom stereocenters. The number of carbonyl (C=O) groups excluding carboxylic acids is 2. The lowest BCUT2D eigenvalue weighted by molar-refractivity contribution is -0.142. The van der Waals surface area contributed by atoms with Crippen molar-refractivity contribution in [2.24, 2.45) is 0 Å². The van der Waals surface area contributed by atoms with Gasteiger partial charge in [0.05, 0.1) is 0 Å². The minimum absolute atomic E-state index is 0.487. The number of unbranched alkanes of at least 4 members (excludes halogenated alkanes) is 1. The van der Waals surface area contributed by atoms with E-state index in [2.05, 4.69) is 17.1 Å². The van der Waals surface area contributed by atoms with Gasteiger partial charge in [-0.15, -0.1) is 0 Å². The molecule has 0 aliphatic carbocycles. The molecule has 0 unspecified atom stereocenters. The van der Waals surface area contributed by atoms with Gasteiger partial charge < -0.3 is 15.1 Å². The second-order valence-corrected chi connectivity index (χ2v) is 6.13. The van der Waals surface area contributed by atoms with Crippen LogP contribution in [0.15, 0.2) is 24.3 Å². The average molecular weight is 317 g/mol. The topological polar surface area (TPSA) is 52.7 Å². The first kappa shape index (κ1) is 17.3. The van der Waals surface area contributed by atoms with E-state index in [-0.39, 0.29) is 0 Å². The van der Waals surface area contributed by atoms with Gasteiger partial charge in [-0.2, -0.15) is 0 Å². The van der Waals surface area contributed by atoms with E-state index in [0.29, 0.717) is 12.2 Å². The van der Waals surface area contributed by atoms with E-state index >= 15 is 0 Å². The molecule has 0 radical (unpaired) electrons. The van der Waals surface area contributed by atoms with E-state index in [1.54, 1.807) is 7.05 Å². The van der Waals surface area contributed by atoms with E-state index in [9.17, 15) is 9.59 Å². The second kappa shape index (κ2) is 8.56. The number of benzene rings is 1. The van der Waals surface area contributed by atoms with Crippen molar-refractivity contribution in [3.63, 3.8) is 0 Å². The summed E-state index contributed by atoms with van der Waals surface area (Å²) in [6, 6.07) is 7.74. The number of nitrogens with zero attached hydrogens (tertiary/aromatic N) is 2. The Morgan fingerprint density at radius 1 is 1.13 bits per heavy atom. The minimum Gasteiger partial charge on any atom is -0.372 e. The van der Waals surface area contributed by atoms with Crippen molar-refractivity contribution >= 4 is 23.2 Å². The molecule has 0 aromatic heterocycles. The number of amides is 2. The molecule has 0 spiro atoms. The summed E-state index contributed by atoms with van der Waals surface area (Å²) in [5, 5.41) is 2.68. The van der Waals surface area contributed by atoms with Gasteiger partial charge in [0.1, 0.15) is 0 Å². The number of likely N-dealkylation sites (N-methyl/N-ethyl adjacent to an activating group) is 1. The maximum absolute atomic E-state index is 12.0. The van der Waals surface area contributed by atoms with Crippen molar-refractivity contribution in [2.75, 3.05) is 36.9 Å². The third kappa shape index (κ3) is 4.98. The summed E-state index contributed by atoms with van der Waals surface area (Å²) in [6.07, 6.45) is 5.67. The highest BCUT2D eigenvalue weighted by molar-refractivity contribution is 6.39. The Morgan fingerprint density at radius 3 is 2.39 bits per heavy atom. The van der Waals surface area contributed by atoms with Crippen LogP contribution in [0.4, 0.5) is 11.4 Å². The largest absolute Gasteiger partial charge is 0.372 e. The van der Waals surface area contributed by atoms with Crippen LogP contribution in [0.2, 0.25) is 0 Å². The van der Waals surface area contributed by atoms with Crippen LogP contribution < -0.4 is 10.2 Å². The summed E-state index contributed by atoms with van der Waals surface area (Å²) in [4.78, 5) is 27.8. The zero-order chi connectivity index (χ0) is 16.7. The zero-order valence-electron chi connectivity index (χ0n) is 14.2. The number of nitrogens with one attached hydrogen (secondary N) is 1. The van der Waals surface area contributed by atoms with E-state index in [4.69, 9.17) is 0 Å². The first-order chi connectivity index (χ1) is 11.1. The van der Waals surface area contributed by atoms with Crippen molar-refractivity contribution in [3.8, 4) is 0 Å². The molecule has 1 aliphatic heterocycles. The SMILES string of the molecule is CCCCN(C)C(=O)C(=O)Nc1ccc(N2CCCCC2)cc1. The van der Waals surface area contributed by atoms with Crippen molar-refractivity contribution < 1.29 is 9.59 Å². The highest BCUT2D eigenvalue weighted by Gasteiger charge is 2.18. The molecular weight excluding hydrogens is 290 g/mol. The number of carbonyl (C=O) groups is 2. The predicted molar refractivity (Wildman–Crippen MR) is 93.7 cm³/mol.